The SMILES string of the molecule is Cc1cc(-c2ccc(C(F)(F)F)cc2)c[c-]1C. The van der Waals surface area contributed by atoms with Crippen LogP contribution in [0.3, 0.4) is 0 Å². The molecule has 0 atom stereocenters. The molecule has 2 rings (SSSR count). The van der Waals surface area contributed by atoms with Crippen molar-refractivity contribution in [1.82, 2.24) is 0 Å². The van der Waals surface area contributed by atoms with E-state index < -0.39 is 11.7 Å². The van der Waals surface area contributed by atoms with Gasteiger partial charge in [-0.05, 0) is 0 Å². The van der Waals surface area contributed by atoms with Crippen molar-refractivity contribution in [3.05, 3.63) is 53.1 Å². The van der Waals surface area contributed by atoms with Crippen LogP contribution in [0.4, 0.5) is 13.2 Å². The van der Waals surface area contributed by atoms with Crippen molar-refractivity contribution >= 4 is 0 Å². The van der Waals surface area contributed by atoms with E-state index in [-0.39, 0.29) is 0 Å². The summed E-state index contributed by atoms with van der Waals surface area (Å²) in [6, 6.07) is 9.23. The highest BCUT2D eigenvalue weighted by molar-refractivity contribution is 5.67. The number of hydrogen-bond acceptors (Lipinski definition) is 0. The third-order valence-electron chi connectivity index (χ3n) is 2.91. The summed E-state index contributed by atoms with van der Waals surface area (Å²) < 4.78 is 37.2. The van der Waals surface area contributed by atoms with E-state index in [1.807, 2.05) is 26.0 Å². The van der Waals surface area contributed by atoms with Gasteiger partial charge in [0.25, 0.3) is 0 Å². The van der Waals surface area contributed by atoms with E-state index in [0.717, 1.165) is 34.4 Å². The molecule has 0 aliphatic rings. The molecule has 0 saturated heterocycles. The van der Waals surface area contributed by atoms with E-state index in [1.165, 1.54) is 12.1 Å². The van der Waals surface area contributed by atoms with Crippen molar-refractivity contribution < 1.29 is 13.2 Å². The quantitative estimate of drug-likeness (QED) is 0.630. The summed E-state index contributed by atoms with van der Waals surface area (Å²) in [7, 11) is 0. The number of alkyl halides is 3. The number of aryl methyl sites for hydroxylation is 2. The molecular weight excluding hydrogens is 225 g/mol. The number of hydrogen-bond donors (Lipinski definition) is 0. The van der Waals surface area contributed by atoms with Gasteiger partial charge in [0.2, 0.25) is 0 Å². The topological polar surface area (TPSA) is 0 Å². The van der Waals surface area contributed by atoms with Gasteiger partial charge in [-0.15, -0.1) is 0 Å². The average Bonchev–Trinajstić information content (AvgIpc) is 2.58. The van der Waals surface area contributed by atoms with Gasteiger partial charge in [-0.1, -0.05) is 43.7 Å². The lowest BCUT2D eigenvalue weighted by atomic mass is 10.1. The van der Waals surface area contributed by atoms with Crippen LogP contribution in [0.15, 0.2) is 36.4 Å². The van der Waals surface area contributed by atoms with Crippen LogP contribution in [0.5, 0.6) is 0 Å². The molecule has 0 fully saturated rings. The van der Waals surface area contributed by atoms with Gasteiger partial charge in [-0.3, -0.25) is 0 Å². The highest BCUT2D eigenvalue weighted by Gasteiger charge is 2.29. The van der Waals surface area contributed by atoms with Gasteiger partial charge in [0.05, 0.1) is 5.56 Å². The van der Waals surface area contributed by atoms with Gasteiger partial charge in [0, 0.05) is 0 Å². The maximum Gasteiger partial charge on any atom is 0.416 e. The summed E-state index contributed by atoms with van der Waals surface area (Å²) in [5, 5.41) is 0. The van der Waals surface area contributed by atoms with E-state index in [9.17, 15) is 13.2 Å². The molecule has 0 unspecified atom stereocenters. The van der Waals surface area contributed by atoms with Crippen LogP contribution in [0.25, 0.3) is 11.1 Å². The largest absolute Gasteiger partial charge is 0.416 e. The van der Waals surface area contributed by atoms with Crippen LogP contribution in [-0.2, 0) is 6.18 Å². The van der Waals surface area contributed by atoms with Crippen molar-refractivity contribution in [2.45, 2.75) is 20.0 Å². The molecule has 0 radical (unpaired) electrons. The molecule has 0 aliphatic heterocycles. The second-order valence-corrected chi connectivity index (χ2v) is 4.19. The Kier molecular flexibility index (Phi) is 2.77. The Morgan fingerprint density at radius 3 is 2.00 bits per heavy atom. The molecule has 0 bridgehead atoms. The first-order valence-electron chi connectivity index (χ1n) is 5.29. The molecule has 0 saturated carbocycles. The summed E-state index contributed by atoms with van der Waals surface area (Å²) in [4.78, 5) is 0. The molecule has 2 aromatic rings. The van der Waals surface area contributed by atoms with Gasteiger partial charge >= 0.3 is 6.18 Å². The summed E-state index contributed by atoms with van der Waals surface area (Å²) in [5.41, 5.74) is 3.48. The van der Waals surface area contributed by atoms with Crippen LogP contribution in [-0.4, -0.2) is 0 Å². The summed E-state index contributed by atoms with van der Waals surface area (Å²) in [6.07, 6.45) is -4.27. The van der Waals surface area contributed by atoms with Crippen molar-refractivity contribution in [2.75, 3.05) is 0 Å². The monoisotopic (exact) mass is 237 g/mol. The van der Waals surface area contributed by atoms with Crippen LogP contribution in [0.1, 0.15) is 16.7 Å². The third kappa shape index (κ3) is 2.38. The number of benzene rings is 1. The van der Waals surface area contributed by atoms with Gasteiger partial charge in [0.1, 0.15) is 0 Å². The zero-order chi connectivity index (χ0) is 12.6. The Bertz CT molecular complexity index is 496. The van der Waals surface area contributed by atoms with Crippen molar-refractivity contribution in [3.63, 3.8) is 0 Å². The minimum absolute atomic E-state index is 0.610. The Labute approximate surface area is 98.1 Å². The fourth-order valence-corrected chi connectivity index (χ4v) is 1.75. The highest BCUT2D eigenvalue weighted by Crippen LogP contribution is 2.31. The van der Waals surface area contributed by atoms with Crippen LogP contribution >= 0.6 is 0 Å². The van der Waals surface area contributed by atoms with Gasteiger partial charge in [-0.2, -0.15) is 35.9 Å². The van der Waals surface area contributed by atoms with Crippen LogP contribution < -0.4 is 0 Å². The average molecular weight is 237 g/mol. The van der Waals surface area contributed by atoms with Gasteiger partial charge in [0.15, 0.2) is 0 Å². The summed E-state index contributed by atoms with van der Waals surface area (Å²) in [6.45, 7) is 3.98. The predicted octanol–water partition coefficient (Wildman–Crippen LogP) is 4.71. The molecule has 0 N–H and O–H groups in total. The van der Waals surface area contributed by atoms with E-state index >= 15 is 0 Å². The Morgan fingerprint density at radius 2 is 1.59 bits per heavy atom. The smallest absolute Gasteiger partial charge is 0.203 e. The van der Waals surface area contributed by atoms with E-state index in [1.54, 1.807) is 0 Å². The third-order valence-corrected chi connectivity index (χ3v) is 2.91. The molecule has 0 aromatic heterocycles. The number of halogens is 3. The Balaban J connectivity index is 2.36. The lowest BCUT2D eigenvalue weighted by molar-refractivity contribution is -0.137. The first-order valence-corrected chi connectivity index (χ1v) is 5.29. The van der Waals surface area contributed by atoms with Crippen molar-refractivity contribution in [3.8, 4) is 11.1 Å². The lowest BCUT2D eigenvalue weighted by Gasteiger charge is -2.09. The summed E-state index contributed by atoms with van der Waals surface area (Å²) in [5.74, 6) is 0. The maximum atomic E-state index is 12.4. The number of rotatable bonds is 1. The molecule has 90 valence electrons. The molecular formula is C14H12F3-. The minimum atomic E-state index is -4.27. The Morgan fingerprint density at radius 1 is 1.00 bits per heavy atom. The zero-order valence-corrected chi connectivity index (χ0v) is 9.60. The second kappa shape index (κ2) is 3.99. The molecule has 0 aliphatic carbocycles. The molecule has 17 heavy (non-hydrogen) atoms. The van der Waals surface area contributed by atoms with Crippen molar-refractivity contribution in [1.29, 1.82) is 0 Å². The molecule has 2 aromatic carbocycles. The first kappa shape index (κ1) is 11.8. The minimum Gasteiger partial charge on any atom is -0.203 e. The van der Waals surface area contributed by atoms with Gasteiger partial charge in [-0.25, -0.2) is 6.07 Å². The molecule has 0 amide bonds. The second-order valence-electron chi connectivity index (χ2n) is 4.19. The fourth-order valence-electron chi connectivity index (χ4n) is 1.75. The van der Waals surface area contributed by atoms with Crippen LogP contribution in [0.2, 0.25) is 0 Å². The molecule has 3 heteroatoms. The summed E-state index contributed by atoms with van der Waals surface area (Å²) >= 11 is 0. The van der Waals surface area contributed by atoms with E-state index in [2.05, 4.69) is 0 Å². The van der Waals surface area contributed by atoms with E-state index in [4.69, 9.17) is 0 Å². The highest BCUT2D eigenvalue weighted by atomic mass is 19.4. The first-order chi connectivity index (χ1) is 7.88. The predicted molar refractivity (Wildman–Crippen MR) is 61.9 cm³/mol. The molecule has 0 spiro atoms. The molecule has 0 heterocycles. The maximum absolute atomic E-state index is 12.4. The Hall–Kier alpha value is -1.64. The zero-order valence-electron chi connectivity index (χ0n) is 9.60. The van der Waals surface area contributed by atoms with Crippen molar-refractivity contribution in [2.24, 2.45) is 0 Å². The standard InChI is InChI=1S/C14H12F3/c1-9-7-12(8-10(9)2)11-3-5-13(6-4-11)14(15,16)17/h3-8H,1-2H3/q-1. The lowest BCUT2D eigenvalue weighted by Crippen LogP contribution is -2.03. The normalized spacial score (nSPS) is 11.8. The van der Waals surface area contributed by atoms with E-state index in [0.29, 0.717) is 0 Å². The van der Waals surface area contributed by atoms with Gasteiger partial charge < -0.3 is 0 Å². The van der Waals surface area contributed by atoms with Crippen LogP contribution in [0, 0.1) is 13.8 Å². The molecule has 0 nitrogen and oxygen atoms in total. The fraction of sp³-hybridized carbons (Fsp3) is 0.214.